The first-order chi connectivity index (χ1) is 4.31. The van der Waals surface area contributed by atoms with Crippen molar-refractivity contribution in [3.05, 3.63) is 0 Å². The molecule has 60 valence electrons. The van der Waals surface area contributed by atoms with E-state index in [-0.39, 0.29) is 0 Å². The van der Waals surface area contributed by atoms with Crippen LogP contribution in [0.15, 0.2) is 0 Å². The summed E-state index contributed by atoms with van der Waals surface area (Å²) in [5, 5.41) is 0. The molecule has 0 aromatic carbocycles. The zero-order valence-electron chi connectivity index (χ0n) is 4.12. The van der Waals surface area contributed by atoms with Gasteiger partial charge in [-0.25, -0.2) is 0 Å². The molecule has 0 amide bonds. The maximum absolute atomic E-state index is 11.2. The molecule has 10 heavy (non-hydrogen) atoms. The molecule has 0 fully saturated rings. The Morgan fingerprint density at radius 1 is 1.30 bits per heavy atom. The van der Waals surface area contributed by atoms with Crippen LogP contribution in [0.2, 0.25) is 0 Å². The van der Waals surface area contributed by atoms with E-state index < -0.39 is 32.2 Å². The molecule has 0 saturated heterocycles. The van der Waals surface area contributed by atoms with E-state index in [0.29, 0.717) is 0 Å². The summed E-state index contributed by atoms with van der Waals surface area (Å²) in [4.78, 5) is 0. The van der Waals surface area contributed by atoms with Gasteiger partial charge >= 0.3 is 60.6 Å². The van der Waals surface area contributed by atoms with Crippen LogP contribution in [-0.2, 0) is 33.5 Å². The summed E-state index contributed by atoms with van der Waals surface area (Å²) in [5.41, 5.74) is -5.48. The quantitative estimate of drug-likeness (QED) is 0.618. The molecule has 0 aliphatic heterocycles. The Hall–Kier alpha value is 0.0844. The molecule has 0 rings (SSSR count). The Bertz CT molecular complexity index is 215. The van der Waals surface area contributed by atoms with Gasteiger partial charge in [-0.1, -0.05) is 0 Å². The minimum atomic E-state index is -5.62. The molecule has 0 bridgehead atoms. The topological polar surface area (TPSA) is 60.4 Å². The third-order valence-corrected chi connectivity index (χ3v) is 2.44. The molecule has 0 unspecified atom stereocenters. The van der Waals surface area contributed by atoms with Crippen molar-refractivity contribution in [1.29, 1.82) is 0 Å². The van der Waals surface area contributed by atoms with E-state index in [4.69, 9.17) is 0 Å². The Kier molecular flexibility index (Phi) is 3.02. The summed E-state index contributed by atoms with van der Waals surface area (Å²) < 4.78 is 65.4. The van der Waals surface area contributed by atoms with E-state index in [0.717, 1.165) is 0 Å². The standard InChI is InChI=1S/CHF3O3S.O.V/c2-1(3,4)8(5,6)7;;/h(H,5,6,7);;/q;;+1/p-1. The Labute approximate surface area is 61.1 Å². The normalized spacial score (nSPS) is 13.1. The van der Waals surface area contributed by atoms with Crippen molar-refractivity contribution >= 4 is 10.1 Å². The average Bonchev–Trinajstić information content (AvgIpc) is 1.61. The fraction of sp³-hybridized carbons (Fsp3) is 1.00. The second-order valence-corrected chi connectivity index (χ2v) is 3.50. The fourth-order valence-corrected chi connectivity index (χ4v) is 1.02. The van der Waals surface area contributed by atoms with Crippen LogP contribution >= 0.6 is 0 Å². The van der Waals surface area contributed by atoms with Crippen molar-refractivity contribution in [2.45, 2.75) is 5.51 Å². The van der Waals surface area contributed by atoms with Gasteiger partial charge in [0.15, 0.2) is 0 Å². The van der Waals surface area contributed by atoms with Crippen LogP contribution in [0, 0.1) is 0 Å². The summed E-state index contributed by atoms with van der Waals surface area (Å²) in [6, 6.07) is 0. The third kappa shape index (κ3) is 2.37. The van der Waals surface area contributed by atoms with Gasteiger partial charge in [-0.05, 0) is 0 Å². The van der Waals surface area contributed by atoms with Gasteiger partial charge in [0.2, 0.25) is 0 Å². The number of hydrogen-bond acceptors (Lipinski definition) is 4. The summed E-state index contributed by atoms with van der Waals surface area (Å²) in [5.74, 6) is 0. The summed E-state index contributed by atoms with van der Waals surface area (Å²) in [6.45, 7) is 0. The van der Waals surface area contributed by atoms with Gasteiger partial charge in [0.25, 0.3) is 0 Å². The van der Waals surface area contributed by atoms with E-state index in [2.05, 4.69) is 3.11 Å². The van der Waals surface area contributed by atoms with Gasteiger partial charge in [0, 0.05) is 0 Å². The molecule has 4 nitrogen and oxygen atoms in total. The zero-order valence-corrected chi connectivity index (χ0v) is 6.34. The van der Waals surface area contributed by atoms with Crippen molar-refractivity contribution in [1.82, 2.24) is 0 Å². The number of halogens is 3. The first kappa shape index (κ1) is 10.1. The van der Waals surface area contributed by atoms with Gasteiger partial charge in [0.1, 0.15) is 0 Å². The van der Waals surface area contributed by atoms with Gasteiger partial charge < -0.3 is 0 Å². The number of alkyl halides is 3. The third-order valence-electron chi connectivity index (χ3n) is 0.412. The van der Waals surface area contributed by atoms with Crippen molar-refractivity contribution in [2.24, 2.45) is 0 Å². The van der Waals surface area contributed by atoms with Crippen LogP contribution in [0.25, 0.3) is 0 Å². The second kappa shape index (κ2) is 2.99. The van der Waals surface area contributed by atoms with Crippen molar-refractivity contribution in [3.63, 3.8) is 0 Å². The van der Waals surface area contributed by atoms with E-state index >= 15 is 0 Å². The van der Waals surface area contributed by atoms with Gasteiger partial charge in [-0.15, -0.1) is 0 Å². The molecule has 0 spiro atoms. The molecule has 0 N–H and O–H groups in total. The molecule has 9 heteroatoms. The summed E-state index contributed by atoms with van der Waals surface area (Å²) in [7, 11) is -5.62. The molecule has 0 atom stereocenters. The molecule has 0 heterocycles. The Morgan fingerprint density at radius 3 is 1.80 bits per heavy atom. The van der Waals surface area contributed by atoms with Crippen LogP contribution in [0.4, 0.5) is 13.2 Å². The second-order valence-electron chi connectivity index (χ2n) is 1.05. The molecule has 0 aromatic heterocycles. The van der Waals surface area contributed by atoms with Crippen LogP contribution in [-0.4, -0.2) is 13.9 Å². The monoisotopic (exact) mass is 216 g/mol. The van der Waals surface area contributed by atoms with E-state index in [9.17, 15) is 25.3 Å². The van der Waals surface area contributed by atoms with Gasteiger partial charge in [-0.2, -0.15) is 0 Å². The molecule has 0 aliphatic rings. The van der Waals surface area contributed by atoms with Crippen LogP contribution in [0.1, 0.15) is 0 Å². The number of rotatable bonds is 2. The Balaban J connectivity index is 4.59. The fourth-order valence-electron chi connectivity index (χ4n) is 0.0823. The molecule has 0 aromatic rings. The molecular formula is CF3O4SV. The minimum absolute atomic E-state index is 2.48. The first-order valence-electron chi connectivity index (χ1n) is 1.64. The molecule has 0 saturated carbocycles. The van der Waals surface area contributed by atoms with Crippen molar-refractivity contribution in [2.75, 3.05) is 0 Å². The summed E-state index contributed by atoms with van der Waals surface area (Å²) >= 11 is -2.48. The van der Waals surface area contributed by atoms with Crippen LogP contribution in [0.3, 0.4) is 0 Å². The van der Waals surface area contributed by atoms with E-state index in [1.807, 2.05) is 0 Å². The molecular weight excluding hydrogens is 216 g/mol. The van der Waals surface area contributed by atoms with Gasteiger partial charge in [0.05, 0.1) is 0 Å². The SMILES string of the molecule is [O]=[V][O]S(=O)(=O)C(F)(F)F. The summed E-state index contributed by atoms with van der Waals surface area (Å²) in [6.07, 6.45) is 0. The van der Waals surface area contributed by atoms with E-state index in [1.165, 1.54) is 0 Å². The van der Waals surface area contributed by atoms with Gasteiger partial charge in [-0.3, -0.25) is 0 Å². The number of hydrogen-bond donors (Lipinski definition) is 0. The first-order valence-corrected chi connectivity index (χ1v) is 4.18. The molecule has 0 radical (unpaired) electrons. The Morgan fingerprint density at radius 2 is 1.70 bits per heavy atom. The predicted octanol–water partition coefficient (Wildman–Crippen LogP) is 0.196. The average molecular weight is 216 g/mol. The predicted molar refractivity (Wildman–Crippen MR) is 16.7 cm³/mol. The zero-order chi connectivity index (χ0) is 8.41. The maximum atomic E-state index is 11.2. The van der Waals surface area contributed by atoms with Crippen LogP contribution < -0.4 is 0 Å². The van der Waals surface area contributed by atoms with E-state index in [1.54, 1.807) is 0 Å². The van der Waals surface area contributed by atoms with Crippen molar-refractivity contribution in [3.8, 4) is 0 Å². The van der Waals surface area contributed by atoms with Crippen molar-refractivity contribution < 1.29 is 45.0 Å². The molecule has 0 aliphatic carbocycles. The van der Waals surface area contributed by atoms with Crippen LogP contribution in [0.5, 0.6) is 0 Å².